The average Bonchev–Trinajstić information content (AvgIpc) is 3.73. The van der Waals surface area contributed by atoms with Gasteiger partial charge in [-0.25, -0.2) is 23.1 Å². The van der Waals surface area contributed by atoms with Crippen molar-refractivity contribution >= 4 is 39.4 Å². The van der Waals surface area contributed by atoms with Crippen molar-refractivity contribution in [2.24, 2.45) is 0 Å². The van der Waals surface area contributed by atoms with Crippen LogP contribution in [0.25, 0.3) is 38.9 Å². The minimum absolute atomic E-state index is 0.0273. The van der Waals surface area contributed by atoms with E-state index in [9.17, 15) is 19.5 Å². The molecule has 0 aliphatic carbocycles. The van der Waals surface area contributed by atoms with E-state index in [1.165, 1.54) is 43.1 Å². The van der Waals surface area contributed by atoms with Gasteiger partial charge in [0.25, 0.3) is 5.91 Å². The number of benzene rings is 3. The number of nitrogens with zero attached hydrogens (tertiary/aromatic N) is 6. The van der Waals surface area contributed by atoms with E-state index in [-0.39, 0.29) is 83.2 Å². The smallest absolute Gasteiger partial charge is 0.355 e. The Hall–Kier alpha value is -7.82. The van der Waals surface area contributed by atoms with Crippen LogP contribution >= 0.6 is 0 Å². The lowest BCUT2D eigenvalue weighted by Crippen LogP contribution is -2.54. The van der Waals surface area contributed by atoms with Gasteiger partial charge in [-0.1, -0.05) is 26.5 Å². The predicted molar refractivity (Wildman–Crippen MR) is 245 cm³/mol. The highest BCUT2D eigenvalue weighted by atomic mass is 19.1. The van der Waals surface area contributed by atoms with Gasteiger partial charge in [0.1, 0.15) is 35.4 Å². The number of aromatic amines is 1. The molecule has 1 aliphatic rings. The molecule has 15 nitrogen and oxygen atoms in total. The number of aromatic nitrogens is 5. The fraction of sp³-hybridized carbons (Fsp3) is 0.265. The van der Waals surface area contributed by atoms with E-state index in [0.29, 0.717) is 33.6 Å². The van der Waals surface area contributed by atoms with Gasteiger partial charge in [-0.05, 0) is 73.9 Å². The van der Waals surface area contributed by atoms with E-state index >= 15 is 8.78 Å². The number of methoxy groups -OCH3 is 3. The van der Waals surface area contributed by atoms with Gasteiger partial charge < -0.3 is 38.8 Å². The fourth-order valence-electron chi connectivity index (χ4n) is 8.36. The Bertz CT molecular complexity index is 3100. The summed E-state index contributed by atoms with van der Waals surface area (Å²) in [6.07, 6.45) is 3.25. The molecular formula is C49H47F2N7O8. The number of carbonyl (C=O) groups is 2. The van der Waals surface area contributed by atoms with Crippen LogP contribution in [0.15, 0.2) is 90.0 Å². The monoisotopic (exact) mass is 899 g/mol. The van der Waals surface area contributed by atoms with Crippen LogP contribution in [0.2, 0.25) is 0 Å². The number of piperazine rings is 1. The number of phenols is 1. The zero-order valence-electron chi connectivity index (χ0n) is 37.4. The highest BCUT2D eigenvalue weighted by Gasteiger charge is 2.33. The van der Waals surface area contributed by atoms with Crippen LogP contribution in [-0.4, -0.2) is 99.8 Å². The number of ether oxygens (including phenoxy) is 4. The number of halogens is 2. The molecule has 0 spiro atoms. The summed E-state index contributed by atoms with van der Waals surface area (Å²) in [7, 11) is 4.42. The van der Waals surface area contributed by atoms with Gasteiger partial charge in [0.15, 0.2) is 28.7 Å². The first kappa shape index (κ1) is 44.8. The third-order valence-corrected chi connectivity index (χ3v) is 11.7. The molecule has 340 valence electrons. The van der Waals surface area contributed by atoms with Crippen molar-refractivity contribution in [3.8, 4) is 45.7 Å². The lowest BCUT2D eigenvalue weighted by molar-refractivity contribution is -0.128. The number of hydrogen-bond acceptors (Lipinski definition) is 12. The van der Waals surface area contributed by atoms with E-state index in [4.69, 9.17) is 18.9 Å². The Kier molecular flexibility index (Phi) is 12.2. The number of nitrogens with one attached hydrogen (secondary N) is 1. The first-order valence-corrected chi connectivity index (χ1v) is 21.0. The van der Waals surface area contributed by atoms with Crippen molar-refractivity contribution in [3.05, 3.63) is 130 Å². The molecule has 2 N–H and O–H groups in total. The lowest BCUT2D eigenvalue weighted by atomic mass is 10.0. The summed E-state index contributed by atoms with van der Waals surface area (Å²) in [5.41, 5.74) is 1.48. The zero-order valence-corrected chi connectivity index (χ0v) is 37.4. The summed E-state index contributed by atoms with van der Waals surface area (Å²) in [4.78, 5) is 62.1. The van der Waals surface area contributed by atoms with Crippen LogP contribution in [0.4, 0.5) is 14.6 Å². The van der Waals surface area contributed by atoms with Crippen LogP contribution in [0.5, 0.6) is 28.7 Å². The largest absolute Gasteiger partial charge is 0.507 e. The number of amides is 1. The first-order valence-electron chi connectivity index (χ1n) is 21.0. The minimum atomic E-state index is -0.953. The molecule has 1 fully saturated rings. The molecule has 0 radical (unpaired) electrons. The van der Waals surface area contributed by atoms with Crippen molar-refractivity contribution in [2.75, 3.05) is 52.5 Å². The molecule has 4 aromatic heterocycles. The van der Waals surface area contributed by atoms with Crippen molar-refractivity contribution in [1.82, 2.24) is 29.4 Å². The highest BCUT2D eigenvalue weighted by molar-refractivity contribution is 6.17. The van der Waals surface area contributed by atoms with Crippen molar-refractivity contribution in [1.29, 1.82) is 0 Å². The van der Waals surface area contributed by atoms with E-state index in [2.05, 4.69) is 26.5 Å². The molecule has 1 atom stereocenters. The Labute approximate surface area is 377 Å². The SMILES string of the molecule is C=C(COc1c(OC)cc(C(=O)c2c[nH]c3cc(OC)ccc23)cc1OC)C(=O)N1CCN(c2nc(=O)n(-c3c(C)ccnc3C(C)C)c3nc(-c4c(O)cccc4F)c(F)cc23)[C@@H](C)C1. The van der Waals surface area contributed by atoms with Gasteiger partial charge in [0.05, 0.1) is 43.7 Å². The Morgan fingerprint density at radius 2 is 1.70 bits per heavy atom. The normalized spacial score (nSPS) is 13.9. The van der Waals surface area contributed by atoms with E-state index < -0.39 is 46.3 Å². The second-order valence-corrected chi connectivity index (χ2v) is 16.2. The molecule has 0 saturated carbocycles. The number of fused-ring (bicyclic) bond motifs is 2. The maximum Gasteiger partial charge on any atom is 0.355 e. The van der Waals surface area contributed by atoms with Crippen molar-refractivity contribution in [2.45, 2.75) is 39.7 Å². The molecule has 0 unspecified atom stereocenters. The van der Waals surface area contributed by atoms with Gasteiger partial charge >= 0.3 is 5.69 Å². The molecule has 1 saturated heterocycles. The molecule has 17 heteroatoms. The third-order valence-electron chi connectivity index (χ3n) is 11.7. The molecule has 66 heavy (non-hydrogen) atoms. The molecule has 7 aromatic rings. The van der Waals surface area contributed by atoms with Crippen LogP contribution in [-0.2, 0) is 4.79 Å². The topological polar surface area (TPSA) is 174 Å². The van der Waals surface area contributed by atoms with Crippen LogP contribution in [0.1, 0.15) is 53.9 Å². The minimum Gasteiger partial charge on any atom is -0.507 e. The summed E-state index contributed by atoms with van der Waals surface area (Å²) in [5.74, 6) is -1.90. The lowest BCUT2D eigenvalue weighted by Gasteiger charge is -2.41. The summed E-state index contributed by atoms with van der Waals surface area (Å²) < 4.78 is 55.4. The third kappa shape index (κ3) is 8.01. The van der Waals surface area contributed by atoms with Gasteiger partial charge in [-0.15, -0.1) is 0 Å². The Morgan fingerprint density at radius 3 is 2.36 bits per heavy atom. The van der Waals surface area contributed by atoms with Gasteiger partial charge in [-0.3, -0.25) is 14.6 Å². The summed E-state index contributed by atoms with van der Waals surface area (Å²) in [6, 6.07) is 14.4. The summed E-state index contributed by atoms with van der Waals surface area (Å²) >= 11 is 0. The first-order chi connectivity index (χ1) is 31.6. The van der Waals surface area contributed by atoms with Gasteiger partial charge in [-0.2, -0.15) is 4.98 Å². The molecule has 3 aromatic carbocycles. The van der Waals surface area contributed by atoms with Crippen LogP contribution < -0.4 is 29.5 Å². The van der Waals surface area contributed by atoms with Crippen LogP contribution in [0, 0.1) is 18.6 Å². The fourth-order valence-corrected chi connectivity index (χ4v) is 8.36. The van der Waals surface area contributed by atoms with Crippen molar-refractivity contribution < 1.29 is 42.4 Å². The number of rotatable bonds is 13. The quantitative estimate of drug-likeness (QED) is 0.0856. The summed E-state index contributed by atoms with van der Waals surface area (Å²) in [6.45, 7) is 11.7. The van der Waals surface area contributed by atoms with E-state index in [1.807, 2.05) is 20.8 Å². The maximum atomic E-state index is 16.3. The number of H-pyrrole nitrogens is 1. The number of aryl methyl sites for hydroxylation is 1. The number of hydrogen-bond donors (Lipinski definition) is 2. The van der Waals surface area contributed by atoms with Crippen LogP contribution in [0.3, 0.4) is 0 Å². The van der Waals surface area contributed by atoms with Gasteiger partial charge in [0, 0.05) is 71.7 Å². The van der Waals surface area contributed by atoms with Gasteiger partial charge in [0.2, 0.25) is 5.75 Å². The molecular weight excluding hydrogens is 853 g/mol. The maximum absolute atomic E-state index is 16.3. The molecule has 5 heterocycles. The Morgan fingerprint density at radius 1 is 0.955 bits per heavy atom. The molecule has 8 rings (SSSR count). The highest BCUT2D eigenvalue weighted by Crippen LogP contribution is 2.41. The predicted octanol–water partition coefficient (Wildman–Crippen LogP) is 7.67. The number of anilines is 1. The number of carbonyl (C=O) groups excluding carboxylic acids is 2. The Balaban J connectivity index is 1.05. The molecule has 0 bridgehead atoms. The number of ketones is 1. The summed E-state index contributed by atoms with van der Waals surface area (Å²) in [5, 5.41) is 11.5. The van der Waals surface area contributed by atoms with E-state index in [0.717, 1.165) is 17.6 Å². The molecule has 1 amide bonds. The zero-order chi connectivity index (χ0) is 47.1. The standard InChI is InChI=1S/C49H47F2N7O8/c1-25(2)41-43(26(3)14-15-52-41)58-47-32(21-35(51)42(54-47)40-34(50)10-9-11-37(40)59)46(55-49(58)62)57-17-16-56(23-28(57)5)48(61)27(4)24-66-45-38(64-7)18-29(19-39(45)65-8)44(60)33-22-53-36-20-30(63-6)12-13-31(33)36/h9-15,18-22,25,28,53,59H,4,16-17,23-24H2,1-3,5-8H3/t28-/m0/s1. The second kappa shape index (κ2) is 18.0. The van der Waals surface area contributed by atoms with E-state index in [1.54, 1.807) is 60.5 Å². The molecule has 1 aliphatic heterocycles. The number of aromatic hydroxyl groups is 1. The number of phenolic OH excluding ortho intramolecular Hbond substituents is 1. The number of pyridine rings is 2. The average molecular weight is 900 g/mol. The van der Waals surface area contributed by atoms with Crippen molar-refractivity contribution in [3.63, 3.8) is 0 Å². The second-order valence-electron chi connectivity index (χ2n) is 16.2.